The fourth-order valence-corrected chi connectivity index (χ4v) is 2.58. The van der Waals surface area contributed by atoms with E-state index in [2.05, 4.69) is 45.7 Å². The van der Waals surface area contributed by atoms with Gasteiger partial charge in [0.2, 0.25) is 0 Å². The van der Waals surface area contributed by atoms with Crippen LogP contribution in [-0.4, -0.2) is 29.7 Å². The molecule has 2 rings (SSSR count). The van der Waals surface area contributed by atoms with Gasteiger partial charge in [-0.1, -0.05) is 37.6 Å². The van der Waals surface area contributed by atoms with Gasteiger partial charge >= 0.3 is 0 Å². The van der Waals surface area contributed by atoms with Gasteiger partial charge in [-0.3, -0.25) is 10.1 Å². The number of hydrogen-bond donors (Lipinski definition) is 3. The number of guanidine groups is 1. The minimum atomic E-state index is 0.0797. The fourth-order valence-electron chi connectivity index (χ4n) is 2.37. The third-order valence-electron chi connectivity index (χ3n) is 3.53. The van der Waals surface area contributed by atoms with Crippen LogP contribution in [0.2, 0.25) is 5.02 Å². The van der Waals surface area contributed by atoms with E-state index >= 15 is 0 Å². The highest BCUT2D eigenvalue weighted by Crippen LogP contribution is 2.22. The molecule has 0 fully saturated rings. The summed E-state index contributed by atoms with van der Waals surface area (Å²) in [7, 11) is 1.77. The lowest BCUT2D eigenvalue weighted by atomic mass is 9.86. The molecule has 0 aliphatic rings. The Labute approximate surface area is 142 Å². The van der Waals surface area contributed by atoms with Crippen molar-refractivity contribution < 1.29 is 0 Å². The van der Waals surface area contributed by atoms with Crippen LogP contribution in [0.4, 0.5) is 0 Å². The molecule has 1 heterocycles. The number of aliphatic imine (C=N–C) groups is 1. The van der Waals surface area contributed by atoms with E-state index in [1.54, 1.807) is 13.2 Å². The minimum Gasteiger partial charge on any atom is -0.356 e. The Balaban J connectivity index is 1.84. The summed E-state index contributed by atoms with van der Waals surface area (Å²) in [5.74, 6) is 0.777. The van der Waals surface area contributed by atoms with Crippen LogP contribution in [0.15, 0.2) is 41.5 Å². The largest absolute Gasteiger partial charge is 0.356 e. The molecule has 124 valence electrons. The number of rotatable bonds is 6. The van der Waals surface area contributed by atoms with Crippen molar-refractivity contribution in [1.82, 2.24) is 20.8 Å². The molecule has 0 atom stereocenters. The van der Waals surface area contributed by atoms with Crippen molar-refractivity contribution in [1.29, 1.82) is 0 Å². The highest BCUT2D eigenvalue weighted by Gasteiger charge is 2.19. The molecule has 5 nitrogen and oxygen atoms in total. The van der Waals surface area contributed by atoms with Gasteiger partial charge in [-0.15, -0.1) is 0 Å². The number of nitrogens with zero attached hydrogens (tertiary/aromatic N) is 2. The molecule has 0 bridgehead atoms. The Kier molecular flexibility index (Phi) is 6.04. The molecule has 23 heavy (non-hydrogen) atoms. The second kappa shape index (κ2) is 8.02. The zero-order valence-corrected chi connectivity index (χ0v) is 14.6. The van der Waals surface area contributed by atoms with Gasteiger partial charge in [0.1, 0.15) is 0 Å². The molecule has 0 saturated heterocycles. The average Bonchev–Trinajstić information content (AvgIpc) is 3.00. The second-order valence-corrected chi connectivity index (χ2v) is 6.77. The maximum atomic E-state index is 6.06. The molecule has 0 aliphatic carbocycles. The predicted octanol–water partition coefficient (Wildman–Crippen LogP) is 3.00. The molecule has 0 aliphatic heterocycles. The Morgan fingerprint density at radius 1 is 1.30 bits per heavy atom. The van der Waals surface area contributed by atoms with E-state index in [0.29, 0.717) is 6.54 Å². The molecule has 0 radical (unpaired) electrons. The molecule has 2 aromatic rings. The second-order valence-electron chi connectivity index (χ2n) is 6.33. The molecule has 1 aromatic carbocycles. The number of aromatic nitrogens is 2. The van der Waals surface area contributed by atoms with Crippen LogP contribution >= 0.6 is 11.6 Å². The maximum Gasteiger partial charge on any atom is 0.191 e. The smallest absolute Gasteiger partial charge is 0.191 e. The SMILES string of the molecule is CN=C(NCc1ccn[nH]1)NCC(C)(C)Cc1cccc(Cl)c1. The van der Waals surface area contributed by atoms with E-state index in [1.807, 2.05) is 24.3 Å². The highest BCUT2D eigenvalue weighted by molar-refractivity contribution is 6.30. The van der Waals surface area contributed by atoms with E-state index in [4.69, 9.17) is 11.6 Å². The third kappa shape index (κ3) is 5.94. The van der Waals surface area contributed by atoms with Crippen molar-refractivity contribution in [3.63, 3.8) is 0 Å². The van der Waals surface area contributed by atoms with E-state index in [0.717, 1.165) is 29.6 Å². The summed E-state index contributed by atoms with van der Waals surface area (Å²) in [5.41, 5.74) is 2.34. The van der Waals surface area contributed by atoms with E-state index in [-0.39, 0.29) is 5.41 Å². The number of H-pyrrole nitrogens is 1. The monoisotopic (exact) mass is 333 g/mol. The average molecular weight is 334 g/mol. The first kappa shape index (κ1) is 17.3. The molecule has 0 spiro atoms. The number of halogens is 1. The summed E-state index contributed by atoms with van der Waals surface area (Å²) in [5, 5.41) is 14.3. The van der Waals surface area contributed by atoms with Gasteiger partial charge in [0.15, 0.2) is 5.96 Å². The van der Waals surface area contributed by atoms with Crippen molar-refractivity contribution >= 4 is 17.6 Å². The van der Waals surface area contributed by atoms with E-state index in [9.17, 15) is 0 Å². The van der Waals surface area contributed by atoms with Crippen LogP contribution in [0.5, 0.6) is 0 Å². The van der Waals surface area contributed by atoms with Gasteiger partial charge in [-0.25, -0.2) is 0 Å². The van der Waals surface area contributed by atoms with Gasteiger partial charge in [0, 0.05) is 24.8 Å². The standard InChI is InChI=1S/C17H24ClN5/c1-17(2,10-13-5-4-6-14(18)9-13)12-21-16(19-3)20-11-15-7-8-22-23-15/h4-9H,10-12H2,1-3H3,(H,22,23)(H2,19,20,21). The van der Waals surface area contributed by atoms with Gasteiger partial charge in [-0.05, 0) is 35.6 Å². The van der Waals surface area contributed by atoms with Crippen molar-refractivity contribution in [2.75, 3.05) is 13.6 Å². The first-order valence-corrected chi connectivity index (χ1v) is 8.03. The molecular formula is C17H24ClN5. The molecule has 0 amide bonds. The summed E-state index contributed by atoms with van der Waals surface area (Å²) in [6.45, 7) is 5.92. The first-order chi connectivity index (χ1) is 11.0. The summed E-state index contributed by atoms with van der Waals surface area (Å²) in [6.07, 6.45) is 2.68. The zero-order chi connectivity index (χ0) is 16.7. The lowest BCUT2D eigenvalue weighted by molar-refractivity contribution is 0.359. The molecule has 0 unspecified atom stereocenters. The summed E-state index contributed by atoms with van der Waals surface area (Å²) >= 11 is 6.06. The highest BCUT2D eigenvalue weighted by atomic mass is 35.5. The Morgan fingerprint density at radius 2 is 2.13 bits per heavy atom. The zero-order valence-electron chi connectivity index (χ0n) is 13.9. The maximum absolute atomic E-state index is 6.06. The van der Waals surface area contributed by atoms with Crippen molar-refractivity contribution in [3.8, 4) is 0 Å². The first-order valence-electron chi connectivity index (χ1n) is 7.66. The number of hydrogen-bond acceptors (Lipinski definition) is 2. The Morgan fingerprint density at radius 3 is 2.78 bits per heavy atom. The van der Waals surface area contributed by atoms with Crippen LogP contribution in [0.25, 0.3) is 0 Å². The lowest BCUT2D eigenvalue weighted by Gasteiger charge is -2.26. The number of nitrogens with one attached hydrogen (secondary N) is 3. The lowest BCUT2D eigenvalue weighted by Crippen LogP contribution is -2.42. The summed E-state index contributed by atoms with van der Waals surface area (Å²) in [6, 6.07) is 9.96. The molecule has 3 N–H and O–H groups in total. The van der Waals surface area contributed by atoms with Crippen LogP contribution in [0.3, 0.4) is 0 Å². The van der Waals surface area contributed by atoms with Crippen LogP contribution < -0.4 is 10.6 Å². The van der Waals surface area contributed by atoms with Crippen LogP contribution in [0, 0.1) is 5.41 Å². The number of aromatic amines is 1. The third-order valence-corrected chi connectivity index (χ3v) is 3.77. The normalized spacial score (nSPS) is 12.3. The van der Waals surface area contributed by atoms with Gasteiger partial charge in [0.05, 0.1) is 12.2 Å². The van der Waals surface area contributed by atoms with Crippen LogP contribution in [-0.2, 0) is 13.0 Å². The summed E-state index contributed by atoms with van der Waals surface area (Å²) < 4.78 is 0. The van der Waals surface area contributed by atoms with E-state index in [1.165, 1.54) is 5.56 Å². The van der Waals surface area contributed by atoms with Gasteiger partial charge in [0.25, 0.3) is 0 Å². The van der Waals surface area contributed by atoms with Crippen molar-refractivity contribution in [3.05, 3.63) is 52.8 Å². The Hall–Kier alpha value is -2.01. The number of benzene rings is 1. The molecule has 0 saturated carbocycles. The van der Waals surface area contributed by atoms with E-state index < -0.39 is 0 Å². The molecular weight excluding hydrogens is 310 g/mol. The molecule has 1 aromatic heterocycles. The molecule has 6 heteroatoms. The van der Waals surface area contributed by atoms with Gasteiger partial charge < -0.3 is 10.6 Å². The van der Waals surface area contributed by atoms with Crippen molar-refractivity contribution in [2.45, 2.75) is 26.8 Å². The van der Waals surface area contributed by atoms with Crippen molar-refractivity contribution in [2.24, 2.45) is 10.4 Å². The minimum absolute atomic E-state index is 0.0797. The Bertz CT molecular complexity index is 634. The predicted molar refractivity (Wildman–Crippen MR) is 95.7 cm³/mol. The van der Waals surface area contributed by atoms with Gasteiger partial charge in [-0.2, -0.15) is 5.10 Å². The van der Waals surface area contributed by atoms with Crippen LogP contribution in [0.1, 0.15) is 25.1 Å². The quantitative estimate of drug-likeness (QED) is 0.562. The fraction of sp³-hybridized carbons (Fsp3) is 0.412. The topological polar surface area (TPSA) is 65.1 Å². The summed E-state index contributed by atoms with van der Waals surface area (Å²) in [4.78, 5) is 4.25.